The van der Waals surface area contributed by atoms with Gasteiger partial charge in [-0.1, -0.05) is 42.5 Å². The molecule has 1 heterocycles. The number of aliphatic carboxylic acids is 1. The molecule has 0 amide bonds. The Labute approximate surface area is 200 Å². The summed E-state index contributed by atoms with van der Waals surface area (Å²) in [6, 6.07) is 19.3. The lowest BCUT2D eigenvalue weighted by Gasteiger charge is -2.36. The number of nitrogens with zero attached hydrogens (tertiary/aromatic N) is 2. The van der Waals surface area contributed by atoms with Crippen molar-refractivity contribution in [3.8, 4) is 11.8 Å². The van der Waals surface area contributed by atoms with Gasteiger partial charge in [-0.15, -0.1) is 5.06 Å². The summed E-state index contributed by atoms with van der Waals surface area (Å²) in [5, 5.41) is 19.8. The van der Waals surface area contributed by atoms with Gasteiger partial charge >= 0.3 is 12.1 Å². The van der Waals surface area contributed by atoms with Crippen molar-refractivity contribution in [2.75, 3.05) is 13.2 Å². The van der Waals surface area contributed by atoms with Crippen LogP contribution in [0.3, 0.4) is 0 Å². The molecule has 1 aliphatic rings. The van der Waals surface area contributed by atoms with Crippen molar-refractivity contribution < 1.29 is 33.4 Å². The fourth-order valence-corrected chi connectivity index (χ4v) is 3.96. The number of ether oxygens (including phenoxy) is 2. The Morgan fingerprint density at radius 3 is 2.63 bits per heavy atom. The molecule has 4 rings (SSSR count). The summed E-state index contributed by atoms with van der Waals surface area (Å²) in [5.74, 6) is -1.43. The largest absolute Gasteiger partial charge is 0.528 e. The number of hydrogen-bond donors (Lipinski definition) is 1. The van der Waals surface area contributed by atoms with E-state index in [2.05, 4.69) is 0 Å². The Morgan fingerprint density at radius 1 is 1.09 bits per heavy atom. The van der Waals surface area contributed by atoms with Crippen molar-refractivity contribution in [3.63, 3.8) is 0 Å². The first-order chi connectivity index (χ1) is 17.0. The Kier molecular flexibility index (Phi) is 7.24. The molecule has 0 spiro atoms. The molecule has 9 heteroatoms. The van der Waals surface area contributed by atoms with E-state index >= 15 is 0 Å². The number of halogens is 1. The molecule has 178 valence electrons. The number of carboxylic acids is 1. The van der Waals surface area contributed by atoms with Crippen molar-refractivity contribution >= 4 is 12.1 Å². The number of carbonyl (C=O) groups is 2. The highest BCUT2D eigenvalue weighted by Crippen LogP contribution is 2.40. The summed E-state index contributed by atoms with van der Waals surface area (Å²) in [4.78, 5) is 29.2. The first-order valence-corrected chi connectivity index (χ1v) is 10.8. The van der Waals surface area contributed by atoms with Crippen LogP contribution in [0.4, 0.5) is 9.18 Å². The molecule has 3 aromatic rings. The molecule has 0 unspecified atom stereocenters. The fraction of sp³-hybridized carbons (Fsp3) is 0.192. The quantitative estimate of drug-likeness (QED) is 0.501. The molecule has 0 bridgehead atoms. The molecule has 1 aliphatic heterocycles. The van der Waals surface area contributed by atoms with E-state index in [-0.39, 0.29) is 30.9 Å². The van der Waals surface area contributed by atoms with Crippen LogP contribution in [-0.2, 0) is 27.4 Å². The average molecular weight is 476 g/mol. The number of fused-ring (bicyclic) bond motifs is 1. The van der Waals surface area contributed by atoms with E-state index in [4.69, 9.17) is 19.4 Å². The van der Waals surface area contributed by atoms with Gasteiger partial charge in [-0.25, -0.2) is 14.0 Å². The maximum absolute atomic E-state index is 14.6. The first kappa shape index (κ1) is 23.7. The first-order valence-electron chi connectivity index (χ1n) is 10.8. The number of carboxylic acid groups (broad SMARTS) is 1. The van der Waals surface area contributed by atoms with Gasteiger partial charge in [-0.3, -0.25) is 0 Å². The van der Waals surface area contributed by atoms with Gasteiger partial charge in [0.25, 0.3) is 0 Å². The van der Waals surface area contributed by atoms with Crippen LogP contribution in [0.15, 0.2) is 66.7 Å². The zero-order valence-corrected chi connectivity index (χ0v) is 18.5. The van der Waals surface area contributed by atoms with E-state index in [0.29, 0.717) is 16.7 Å². The molecule has 0 saturated carbocycles. The van der Waals surface area contributed by atoms with Crippen LogP contribution < -0.4 is 4.74 Å². The smallest absolute Gasteiger partial charge is 0.482 e. The molecule has 0 saturated heterocycles. The second-order valence-electron chi connectivity index (χ2n) is 7.76. The third-order valence-corrected chi connectivity index (χ3v) is 5.50. The third kappa shape index (κ3) is 5.57. The van der Waals surface area contributed by atoms with Crippen molar-refractivity contribution in [1.82, 2.24) is 5.06 Å². The monoisotopic (exact) mass is 476 g/mol. The lowest BCUT2D eigenvalue weighted by Crippen LogP contribution is -2.38. The van der Waals surface area contributed by atoms with E-state index in [9.17, 15) is 19.2 Å². The highest BCUT2D eigenvalue weighted by atomic mass is 19.1. The lowest BCUT2D eigenvalue weighted by molar-refractivity contribution is -0.152. The minimum absolute atomic E-state index is 0.000283. The molecule has 35 heavy (non-hydrogen) atoms. The Balaban J connectivity index is 1.68. The fourth-order valence-electron chi connectivity index (χ4n) is 3.96. The van der Waals surface area contributed by atoms with E-state index in [1.807, 2.05) is 24.3 Å². The van der Waals surface area contributed by atoms with Gasteiger partial charge in [-0.2, -0.15) is 5.26 Å². The minimum Gasteiger partial charge on any atom is -0.482 e. The molecular weight excluding hydrogens is 455 g/mol. The molecule has 1 N–H and O–H groups in total. The number of hydrogen-bond acceptors (Lipinski definition) is 7. The predicted molar refractivity (Wildman–Crippen MR) is 121 cm³/mol. The zero-order valence-electron chi connectivity index (χ0n) is 18.5. The van der Waals surface area contributed by atoms with E-state index < -0.39 is 30.6 Å². The second-order valence-corrected chi connectivity index (χ2v) is 7.76. The van der Waals surface area contributed by atoms with Crippen LogP contribution in [0.1, 0.15) is 33.9 Å². The number of carbonyl (C=O) groups excluding carboxylic acids is 1. The van der Waals surface area contributed by atoms with Gasteiger partial charge in [-0.05, 0) is 47.4 Å². The third-order valence-electron chi connectivity index (χ3n) is 5.50. The predicted octanol–water partition coefficient (Wildman–Crippen LogP) is 4.38. The molecule has 0 aliphatic carbocycles. The summed E-state index contributed by atoms with van der Waals surface area (Å²) < 4.78 is 25.3. The number of nitriles is 1. The summed E-state index contributed by atoms with van der Waals surface area (Å²) in [6.45, 7) is -0.490. The van der Waals surface area contributed by atoms with Crippen LogP contribution in [0.2, 0.25) is 0 Å². The summed E-state index contributed by atoms with van der Waals surface area (Å²) in [5.41, 5.74) is 2.34. The molecule has 0 radical (unpaired) electrons. The standard InChI is InChI=1S/C26H21FN2O6/c27-22-8-4-7-20-19(22)11-12-29(35-26(32)34-15-17-5-2-1-3-6-17)25(20)21-13-18(14-28)9-10-23(21)33-16-24(30)31/h1-10,13,25H,11-12,15-16H2,(H,30,31)/t25-/m0/s1. The van der Waals surface area contributed by atoms with Crippen molar-refractivity contribution in [2.24, 2.45) is 0 Å². The maximum atomic E-state index is 14.6. The van der Waals surface area contributed by atoms with Crippen LogP contribution >= 0.6 is 0 Å². The average Bonchev–Trinajstić information content (AvgIpc) is 2.87. The molecule has 3 aromatic carbocycles. The maximum Gasteiger partial charge on any atom is 0.528 e. The molecule has 0 fully saturated rings. The number of hydroxylamine groups is 2. The Morgan fingerprint density at radius 2 is 1.89 bits per heavy atom. The highest BCUT2D eigenvalue weighted by molar-refractivity contribution is 5.68. The number of benzene rings is 3. The van der Waals surface area contributed by atoms with Crippen LogP contribution in [0.25, 0.3) is 0 Å². The van der Waals surface area contributed by atoms with Crippen LogP contribution in [-0.4, -0.2) is 35.4 Å². The van der Waals surface area contributed by atoms with Crippen LogP contribution in [0.5, 0.6) is 5.75 Å². The lowest BCUT2D eigenvalue weighted by atomic mass is 9.88. The highest BCUT2D eigenvalue weighted by Gasteiger charge is 2.35. The van der Waals surface area contributed by atoms with Crippen molar-refractivity contribution in [1.29, 1.82) is 5.26 Å². The summed E-state index contributed by atoms with van der Waals surface area (Å²) >= 11 is 0. The van der Waals surface area contributed by atoms with Crippen molar-refractivity contribution in [2.45, 2.75) is 19.1 Å². The SMILES string of the molecule is N#Cc1ccc(OCC(=O)O)c([C@@H]2c3cccc(F)c3CCN2OC(=O)OCc2ccccc2)c1. The van der Waals surface area contributed by atoms with E-state index in [1.54, 1.807) is 18.2 Å². The van der Waals surface area contributed by atoms with Gasteiger partial charge in [0.15, 0.2) is 6.61 Å². The van der Waals surface area contributed by atoms with E-state index in [1.165, 1.54) is 35.4 Å². The van der Waals surface area contributed by atoms with E-state index in [0.717, 1.165) is 5.56 Å². The van der Waals surface area contributed by atoms with Gasteiger partial charge in [0.1, 0.15) is 24.2 Å². The zero-order chi connectivity index (χ0) is 24.8. The molecule has 1 atom stereocenters. The number of rotatable bonds is 7. The van der Waals surface area contributed by atoms with Crippen LogP contribution in [0, 0.1) is 17.1 Å². The Bertz CT molecular complexity index is 1270. The van der Waals surface area contributed by atoms with Gasteiger partial charge in [0.2, 0.25) is 0 Å². The normalized spacial score (nSPS) is 14.9. The molecule has 8 nitrogen and oxygen atoms in total. The topological polar surface area (TPSA) is 109 Å². The molecular formula is C26H21FN2O6. The Hall–Kier alpha value is -4.42. The molecule has 0 aromatic heterocycles. The van der Waals surface area contributed by atoms with Gasteiger partial charge in [0, 0.05) is 12.1 Å². The summed E-state index contributed by atoms with van der Waals surface area (Å²) in [7, 11) is 0. The van der Waals surface area contributed by atoms with Crippen molar-refractivity contribution in [3.05, 3.63) is 100 Å². The second kappa shape index (κ2) is 10.7. The summed E-state index contributed by atoms with van der Waals surface area (Å²) in [6.07, 6.45) is -0.698. The minimum atomic E-state index is -1.19. The van der Waals surface area contributed by atoms with Gasteiger partial charge < -0.3 is 19.4 Å². The van der Waals surface area contributed by atoms with Gasteiger partial charge in [0.05, 0.1) is 11.6 Å².